The third kappa shape index (κ3) is 1.63. The Morgan fingerprint density at radius 2 is 2.14 bits per heavy atom. The molecule has 1 aromatic carbocycles. The van der Waals surface area contributed by atoms with Gasteiger partial charge in [0.05, 0.1) is 15.6 Å². The fraction of sp³-hybridized carbons (Fsp3) is 0.400. The first-order valence-corrected chi connectivity index (χ1v) is 5.33. The van der Waals surface area contributed by atoms with Gasteiger partial charge in [-0.1, -0.05) is 35.3 Å². The number of nitrogens with one attached hydrogen (secondary N) is 1. The number of nitrogens with two attached hydrogens (primary N) is 1. The van der Waals surface area contributed by atoms with Gasteiger partial charge in [-0.25, -0.2) is 0 Å². The molecule has 0 amide bonds. The van der Waals surface area contributed by atoms with Crippen LogP contribution in [0.1, 0.15) is 12.0 Å². The summed E-state index contributed by atoms with van der Waals surface area (Å²) in [5.41, 5.74) is 6.83. The van der Waals surface area contributed by atoms with Gasteiger partial charge in [-0.15, -0.1) is 0 Å². The molecule has 2 nitrogen and oxygen atoms in total. The van der Waals surface area contributed by atoms with Crippen molar-refractivity contribution < 1.29 is 0 Å². The molecular formula is C10H12Cl2N2. The van der Waals surface area contributed by atoms with Crippen LogP contribution in [-0.2, 0) is 5.54 Å². The number of benzene rings is 1. The summed E-state index contributed by atoms with van der Waals surface area (Å²) in [6.45, 7) is 1.69. The minimum Gasteiger partial charge on any atom is -0.320 e. The van der Waals surface area contributed by atoms with Crippen LogP contribution in [0, 0.1) is 0 Å². The van der Waals surface area contributed by atoms with Gasteiger partial charge in [0.15, 0.2) is 0 Å². The van der Waals surface area contributed by atoms with Gasteiger partial charge in [-0.05, 0) is 24.6 Å². The second-order valence-corrected chi connectivity index (χ2v) is 4.47. The molecule has 1 saturated heterocycles. The quantitative estimate of drug-likeness (QED) is 0.777. The maximum atomic E-state index is 6.24. The summed E-state index contributed by atoms with van der Waals surface area (Å²) >= 11 is 12.1. The van der Waals surface area contributed by atoms with Crippen LogP contribution in [0.25, 0.3) is 0 Å². The largest absolute Gasteiger partial charge is 0.320 e. The summed E-state index contributed by atoms with van der Waals surface area (Å²) in [5, 5.41) is 4.39. The number of rotatable bonds is 1. The summed E-state index contributed by atoms with van der Waals surface area (Å²) in [6, 6.07) is 5.61. The van der Waals surface area contributed by atoms with E-state index in [0.717, 1.165) is 25.1 Å². The highest BCUT2D eigenvalue weighted by molar-refractivity contribution is 6.42. The van der Waals surface area contributed by atoms with Gasteiger partial charge in [0.25, 0.3) is 0 Å². The molecule has 1 atom stereocenters. The summed E-state index contributed by atoms with van der Waals surface area (Å²) in [5.74, 6) is 0. The highest BCUT2D eigenvalue weighted by atomic mass is 35.5. The molecule has 76 valence electrons. The third-order valence-corrected chi connectivity index (χ3v) is 3.50. The Balaban J connectivity index is 2.45. The molecule has 0 spiro atoms. The Morgan fingerprint density at radius 3 is 2.79 bits per heavy atom. The zero-order valence-electron chi connectivity index (χ0n) is 7.69. The lowest BCUT2D eigenvalue weighted by Gasteiger charge is -2.24. The van der Waals surface area contributed by atoms with Crippen molar-refractivity contribution in [2.75, 3.05) is 13.1 Å². The zero-order chi connectivity index (χ0) is 10.2. The molecular weight excluding hydrogens is 219 g/mol. The van der Waals surface area contributed by atoms with Crippen LogP contribution in [0.3, 0.4) is 0 Å². The molecule has 1 aliphatic heterocycles. The lowest BCUT2D eigenvalue weighted by Crippen LogP contribution is -2.39. The molecule has 0 aliphatic carbocycles. The molecule has 3 N–H and O–H groups in total. The van der Waals surface area contributed by atoms with Gasteiger partial charge in [0.1, 0.15) is 0 Å². The molecule has 14 heavy (non-hydrogen) atoms. The van der Waals surface area contributed by atoms with E-state index in [0.29, 0.717) is 10.0 Å². The van der Waals surface area contributed by atoms with E-state index in [2.05, 4.69) is 5.32 Å². The van der Waals surface area contributed by atoms with Gasteiger partial charge in [0.2, 0.25) is 0 Å². The Bertz CT molecular complexity index is 346. The molecule has 1 aliphatic rings. The number of halogens is 2. The minimum atomic E-state index is -0.359. The maximum absolute atomic E-state index is 6.24. The summed E-state index contributed by atoms with van der Waals surface area (Å²) < 4.78 is 0. The van der Waals surface area contributed by atoms with Crippen LogP contribution >= 0.6 is 23.2 Å². The van der Waals surface area contributed by atoms with Crippen LogP contribution in [-0.4, -0.2) is 13.1 Å². The van der Waals surface area contributed by atoms with Crippen molar-refractivity contribution in [2.45, 2.75) is 12.0 Å². The Kier molecular flexibility index (Phi) is 2.71. The monoisotopic (exact) mass is 230 g/mol. The summed E-state index contributed by atoms with van der Waals surface area (Å²) in [6.07, 6.45) is 0.896. The zero-order valence-corrected chi connectivity index (χ0v) is 9.20. The van der Waals surface area contributed by atoms with Gasteiger partial charge in [-0.3, -0.25) is 0 Å². The molecule has 1 aromatic rings. The van der Waals surface area contributed by atoms with E-state index < -0.39 is 0 Å². The van der Waals surface area contributed by atoms with Crippen molar-refractivity contribution in [3.63, 3.8) is 0 Å². The molecule has 0 bridgehead atoms. The molecule has 1 fully saturated rings. The second kappa shape index (κ2) is 3.70. The number of hydrogen-bond donors (Lipinski definition) is 2. The highest BCUT2D eigenvalue weighted by Crippen LogP contribution is 2.34. The van der Waals surface area contributed by atoms with Crippen LogP contribution < -0.4 is 11.1 Å². The molecule has 0 radical (unpaired) electrons. The van der Waals surface area contributed by atoms with E-state index >= 15 is 0 Å². The van der Waals surface area contributed by atoms with Gasteiger partial charge < -0.3 is 11.1 Å². The SMILES string of the molecule is NC1(c2cccc(Cl)c2Cl)CCNC1. The molecule has 1 heterocycles. The maximum Gasteiger partial charge on any atom is 0.0643 e. The Morgan fingerprint density at radius 1 is 1.36 bits per heavy atom. The van der Waals surface area contributed by atoms with Crippen LogP contribution in [0.2, 0.25) is 10.0 Å². The Labute approximate surface area is 93.4 Å². The van der Waals surface area contributed by atoms with Gasteiger partial charge in [-0.2, -0.15) is 0 Å². The number of hydrogen-bond acceptors (Lipinski definition) is 2. The summed E-state index contributed by atoms with van der Waals surface area (Å²) in [4.78, 5) is 0. The van der Waals surface area contributed by atoms with E-state index in [-0.39, 0.29) is 5.54 Å². The predicted octanol–water partition coefficient (Wildman–Crippen LogP) is 2.14. The predicted molar refractivity (Wildman–Crippen MR) is 59.8 cm³/mol. The van der Waals surface area contributed by atoms with Crippen molar-refractivity contribution >= 4 is 23.2 Å². The van der Waals surface area contributed by atoms with E-state index in [1.807, 2.05) is 12.1 Å². The van der Waals surface area contributed by atoms with E-state index in [9.17, 15) is 0 Å². The first-order valence-electron chi connectivity index (χ1n) is 4.57. The standard InChI is InChI=1S/C10H12Cl2N2/c11-8-3-1-2-7(9(8)12)10(13)4-5-14-6-10/h1-3,14H,4-6,13H2. The summed E-state index contributed by atoms with van der Waals surface area (Å²) in [7, 11) is 0. The fourth-order valence-corrected chi connectivity index (χ4v) is 2.32. The van der Waals surface area contributed by atoms with Crippen LogP contribution in [0.4, 0.5) is 0 Å². The first kappa shape index (κ1) is 10.2. The molecule has 0 saturated carbocycles. The van der Waals surface area contributed by atoms with E-state index in [4.69, 9.17) is 28.9 Å². The van der Waals surface area contributed by atoms with Crippen LogP contribution in [0.15, 0.2) is 18.2 Å². The highest BCUT2D eigenvalue weighted by Gasteiger charge is 2.33. The van der Waals surface area contributed by atoms with Gasteiger partial charge in [0, 0.05) is 6.54 Å². The molecule has 4 heteroatoms. The Hall–Kier alpha value is -0.280. The fourth-order valence-electron chi connectivity index (χ4n) is 1.83. The van der Waals surface area contributed by atoms with Crippen molar-refractivity contribution in [3.8, 4) is 0 Å². The van der Waals surface area contributed by atoms with Crippen molar-refractivity contribution in [1.29, 1.82) is 0 Å². The lowest BCUT2D eigenvalue weighted by atomic mass is 9.90. The lowest BCUT2D eigenvalue weighted by molar-refractivity contribution is 0.494. The average Bonchev–Trinajstić information content (AvgIpc) is 2.58. The van der Waals surface area contributed by atoms with Crippen molar-refractivity contribution in [1.82, 2.24) is 5.32 Å². The van der Waals surface area contributed by atoms with E-state index in [1.165, 1.54) is 0 Å². The first-order chi connectivity index (χ1) is 6.63. The topological polar surface area (TPSA) is 38.0 Å². The molecule has 2 rings (SSSR count). The minimum absolute atomic E-state index is 0.359. The van der Waals surface area contributed by atoms with Crippen LogP contribution in [0.5, 0.6) is 0 Å². The average molecular weight is 231 g/mol. The second-order valence-electron chi connectivity index (χ2n) is 3.68. The molecule has 1 unspecified atom stereocenters. The van der Waals surface area contributed by atoms with Gasteiger partial charge >= 0.3 is 0 Å². The third-order valence-electron chi connectivity index (χ3n) is 2.68. The van der Waals surface area contributed by atoms with Crippen molar-refractivity contribution in [2.24, 2.45) is 5.73 Å². The smallest absolute Gasteiger partial charge is 0.0643 e. The normalized spacial score (nSPS) is 26.8. The van der Waals surface area contributed by atoms with Crippen molar-refractivity contribution in [3.05, 3.63) is 33.8 Å². The molecule has 0 aromatic heterocycles. The van der Waals surface area contributed by atoms with E-state index in [1.54, 1.807) is 6.07 Å².